The summed E-state index contributed by atoms with van der Waals surface area (Å²) in [6, 6.07) is 0. The molecule has 0 aromatic carbocycles. The van der Waals surface area contributed by atoms with E-state index in [1.165, 1.54) is 116 Å². The number of carbonyl (C=O) groups is 1. The van der Waals surface area contributed by atoms with Gasteiger partial charge >= 0.3 is 0 Å². The second kappa shape index (κ2) is 23.3. The topological polar surface area (TPSA) is 29.1 Å². The molecule has 0 aliphatic rings. The Morgan fingerprint density at radius 1 is 0.688 bits per heavy atom. The van der Waals surface area contributed by atoms with Gasteiger partial charge in [-0.05, 0) is 32.1 Å². The van der Waals surface area contributed by atoms with E-state index in [9.17, 15) is 4.79 Å². The van der Waals surface area contributed by atoms with Crippen molar-refractivity contribution in [1.82, 2.24) is 5.32 Å². The van der Waals surface area contributed by atoms with Gasteiger partial charge < -0.3 is 9.80 Å². The standard InChI is InChI=1S/C29H58N2O/c1-5-7-9-11-13-15-16-17-18-20-22-24-27-31(3,4)28-26-30-29(32)25-23-21-19-14-12-10-8-6-2/h6H,2,5,7-28H2,1,3-4H3/p+1. The van der Waals surface area contributed by atoms with Crippen molar-refractivity contribution in [3.63, 3.8) is 0 Å². The summed E-state index contributed by atoms with van der Waals surface area (Å²) in [5.74, 6) is 0.238. The number of likely N-dealkylation sites (N-methyl/N-ethyl adjacent to an activating group) is 1. The second-order valence-electron chi connectivity index (χ2n) is 10.6. The van der Waals surface area contributed by atoms with Gasteiger partial charge in [0.1, 0.15) is 0 Å². The average molecular weight is 452 g/mol. The molecule has 0 aromatic rings. The van der Waals surface area contributed by atoms with E-state index in [0.29, 0.717) is 6.42 Å². The normalized spacial score (nSPS) is 11.6. The molecule has 0 spiro atoms. The van der Waals surface area contributed by atoms with Crippen LogP contribution in [0.1, 0.15) is 135 Å². The highest BCUT2D eigenvalue weighted by molar-refractivity contribution is 5.75. The highest BCUT2D eigenvalue weighted by Gasteiger charge is 2.14. The highest BCUT2D eigenvalue weighted by Crippen LogP contribution is 2.13. The van der Waals surface area contributed by atoms with Gasteiger partial charge in [-0.2, -0.15) is 0 Å². The summed E-state index contributed by atoms with van der Waals surface area (Å²) in [7, 11) is 4.61. The predicted molar refractivity (Wildman–Crippen MR) is 143 cm³/mol. The largest absolute Gasteiger partial charge is 0.350 e. The molecule has 0 radical (unpaired) electrons. The first-order chi connectivity index (χ1) is 15.5. The van der Waals surface area contributed by atoms with E-state index in [2.05, 4.69) is 32.9 Å². The summed E-state index contributed by atoms with van der Waals surface area (Å²) < 4.78 is 1.02. The summed E-state index contributed by atoms with van der Waals surface area (Å²) in [4.78, 5) is 12.0. The van der Waals surface area contributed by atoms with Crippen LogP contribution in [0.15, 0.2) is 12.7 Å². The van der Waals surface area contributed by atoms with Gasteiger partial charge in [0.05, 0.1) is 33.7 Å². The van der Waals surface area contributed by atoms with Crippen LogP contribution in [-0.2, 0) is 4.79 Å². The third kappa shape index (κ3) is 23.8. The number of quaternary nitrogens is 1. The van der Waals surface area contributed by atoms with Crippen molar-refractivity contribution in [2.24, 2.45) is 0 Å². The van der Waals surface area contributed by atoms with Gasteiger partial charge in [0.25, 0.3) is 0 Å². The maximum atomic E-state index is 12.0. The van der Waals surface area contributed by atoms with E-state index >= 15 is 0 Å². The fourth-order valence-corrected chi connectivity index (χ4v) is 4.36. The Morgan fingerprint density at radius 2 is 1.16 bits per heavy atom. The first-order valence-electron chi connectivity index (χ1n) is 14.2. The molecule has 0 atom stereocenters. The molecule has 1 amide bonds. The number of unbranched alkanes of at least 4 members (excludes halogenated alkanes) is 17. The maximum Gasteiger partial charge on any atom is 0.220 e. The Hall–Kier alpha value is -0.830. The van der Waals surface area contributed by atoms with Crippen LogP contribution >= 0.6 is 0 Å². The van der Waals surface area contributed by atoms with Gasteiger partial charge in [-0.25, -0.2) is 0 Å². The van der Waals surface area contributed by atoms with Gasteiger partial charge in [-0.3, -0.25) is 4.79 Å². The molecule has 0 fully saturated rings. The molecule has 32 heavy (non-hydrogen) atoms. The molecule has 0 saturated carbocycles. The lowest BCUT2D eigenvalue weighted by Crippen LogP contribution is -2.45. The van der Waals surface area contributed by atoms with Crippen LogP contribution in [0.5, 0.6) is 0 Å². The third-order valence-corrected chi connectivity index (χ3v) is 6.72. The molecule has 0 rings (SSSR count). The Morgan fingerprint density at radius 3 is 1.69 bits per heavy atom. The molecule has 190 valence electrons. The number of amides is 1. The Balaban J connectivity index is 3.45. The van der Waals surface area contributed by atoms with Crippen LogP contribution in [0.25, 0.3) is 0 Å². The Bertz CT molecular complexity index is 419. The lowest BCUT2D eigenvalue weighted by atomic mass is 10.1. The molecule has 0 bridgehead atoms. The summed E-state index contributed by atoms with van der Waals surface area (Å²) in [5.41, 5.74) is 0. The summed E-state index contributed by atoms with van der Waals surface area (Å²) in [5, 5.41) is 3.14. The quantitative estimate of drug-likeness (QED) is 0.0846. The number of allylic oxidation sites excluding steroid dienone is 1. The minimum atomic E-state index is 0.238. The summed E-state index contributed by atoms with van der Waals surface area (Å²) >= 11 is 0. The van der Waals surface area contributed by atoms with Gasteiger partial charge in [0.15, 0.2) is 0 Å². The zero-order chi connectivity index (χ0) is 23.8. The first kappa shape index (κ1) is 31.2. The Labute approximate surface area is 202 Å². The van der Waals surface area contributed by atoms with Crippen LogP contribution in [0.4, 0.5) is 0 Å². The van der Waals surface area contributed by atoms with E-state index < -0.39 is 0 Å². The van der Waals surface area contributed by atoms with Crippen LogP contribution in [0.3, 0.4) is 0 Å². The monoisotopic (exact) mass is 451 g/mol. The van der Waals surface area contributed by atoms with E-state index in [1.54, 1.807) is 0 Å². The molecule has 0 saturated heterocycles. The lowest BCUT2D eigenvalue weighted by Gasteiger charge is -2.30. The number of hydrogen-bond acceptors (Lipinski definition) is 1. The van der Waals surface area contributed by atoms with Crippen molar-refractivity contribution >= 4 is 5.91 Å². The van der Waals surface area contributed by atoms with Crippen molar-refractivity contribution in [2.75, 3.05) is 33.7 Å². The minimum absolute atomic E-state index is 0.238. The van der Waals surface area contributed by atoms with Gasteiger partial charge in [-0.1, -0.05) is 103 Å². The molecular formula is C29H59N2O+. The molecule has 0 aliphatic carbocycles. The van der Waals surface area contributed by atoms with E-state index in [0.717, 1.165) is 30.4 Å². The number of carbonyl (C=O) groups excluding carboxylic acids is 1. The van der Waals surface area contributed by atoms with Gasteiger partial charge in [0, 0.05) is 6.42 Å². The number of rotatable bonds is 25. The van der Waals surface area contributed by atoms with E-state index in [4.69, 9.17) is 0 Å². The van der Waals surface area contributed by atoms with Crippen LogP contribution in [0, 0.1) is 0 Å². The van der Waals surface area contributed by atoms with E-state index in [1.807, 2.05) is 6.08 Å². The fraction of sp³-hybridized carbons (Fsp3) is 0.897. The van der Waals surface area contributed by atoms with Crippen LogP contribution in [0.2, 0.25) is 0 Å². The van der Waals surface area contributed by atoms with Crippen molar-refractivity contribution in [1.29, 1.82) is 0 Å². The van der Waals surface area contributed by atoms with Crippen molar-refractivity contribution in [2.45, 2.75) is 135 Å². The first-order valence-corrected chi connectivity index (χ1v) is 14.2. The second-order valence-corrected chi connectivity index (χ2v) is 10.6. The number of nitrogens with zero attached hydrogens (tertiary/aromatic N) is 1. The number of nitrogens with one attached hydrogen (secondary N) is 1. The molecule has 0 heterocycles. The molecular weight excluding hydrogens is 392 g/mol. The van der Waals surface area contributed by atoms with E-state index in [-0.39, 0.29) is 5.91 Å². The minimum Gasteiger partial charge on any atom is -0.350 e. The summed E-state index contributed by atoms with van der Waals surface area (Å²) in [6.07, 6.45) is 28.0. The highest BCUT2D eigenvalue weighted by atomic mass is 16.1. The molecule has 0 aromatic heterocycles. The molecule has 3 heteroatoms. The van der Waals surface area contributed by atoms with Crippen LogP contribution < -0.4 is 5.32 Å². The molecule has 3 nitrogen and oxygen atoms in total. The molecule has 1 N–H and O–H groups in total. The zero-order valence-corrected chi connectivity index (χ0v) is 22.4. The maximum absolute atomic E-state index is 12.0. The zero-order valence-electron chi connectivity index (χ0n) is 22.4. The lowest BCUT2D eigenvalue weighted by molar-refractivity contribution is -0.889. The Kier molecular flexibility index (Phi) is 22.7. The number of hydrogen-bond donors (Lipinski definition) is 1. The molecule has 0 aliphatic heterocycles. The predicted octanol–water partition coefficient (Wildman–Crippen LogP) is 8.19. The fourth-order valence-electron chi connectivity index (χ4n) is 4.36. The third-order valence-electron chi connectivity index (χ3n) is 6.72. The van der Waals surface area contributed by atoms with Crippen LogP contribution in [-0.4, -0.2) is 44.1 Å². The van der Waals surface area contributed by atoms with Gasteiger partial charge in [0.2, 0.25) is 5.91 Å². The summed E-state index contributed by atoms with van der Waals surface area (Å²) in [6.45, 7) is 9.12. The SMILES string of the molecule is C=CCCCCCCCCC(=O)NCC[N+](C)(C)CCCCCCCCCCCCCC. The van der Waals surface area contributed by atoms with Crippen molar-refractivity contribution < 1.29 is 9.28 Å². The van der Waals surface area contributed by atoms with Crippen molar-refractivity contribution in [3.05, 3.63) is 12.7 Å². The smallest absolute Gasteiger partial charge is 0.220 e. The molecule has 0 unspecified atom stereocenters. The van der Waals surface area contributed by atoms with Gasteiger partial charge in [-0.15, -0.1) is 6.58 Å². The average Bonchev–Trinajstić information content (AvgIpc) is 2.76. The van der Waals surface area contributed by atoms with Crippen molar-refractivity contribution in [3.8, 4) is 0 Å².